The summed E-state index contributed by atoms with van der Waals surface area (Å²) in [6, 6.07) is 0. The maximum absolute atomic E-state index is 5.91. The minimum Gasteiger partial charge on any atom is -0.481 e. The van der Waals surface area contributed by atoms with Gasteiger partial charge in [0.2, 0.25) is 5.88 Å². The van der Waals surface area contributed by atoms with Gasteiger partial charge >= 0.3 is 7.12 Å². The SMILES string of the molecule is COc1ncc(B2OCC(C)(C)CO2)c2c1C(C)CC2. The summed E-state index contributed by atoms with van der Waals surface area (Å²) in [6.45, 7) is 7.97. The number of hydrogen-bond donors (Lipinski definition) is 0. The van der Waals surface area contributed by atoms with Gasteiger partial charge in [0.05, 0.1) is 7.11 Å². The van der Waals surface area contributed by atoms with Gasteiger partial charge in [-0.05, 0) is 24.3 Å². The summed E-state index contributed by atoms with van der Waals surface area (Å²) in [5, 5.41) is 0. The molecule has 4 nitrogen and oxygen atoms in total. The number of hydrogen-bond acceptors (Lipinski definition) is 4. The highest BCUT2D eigenvalue weighted by Gasteiger charge is 2.37. The first-order valence-electron chi connectivity index (χ1n) is 7.31. The van der Waals surface area contributed by atoms with Crippen molar-refractivity contribution in [3.8, 4) is 5.88 Å². The van der Waals surface area contributed by atoms with Crippen LogP contribution < -0.4 is 10.2 Å². The summed E-state index contributed by atoms with van der Waals surface area (Å²) in [5.74, 6) is 1.25. The lowest BCUT2D eigenvalue weighted by atomic mass is 9.73. The molecule has 0 N–H and O–H groups in total. The number of pyridine rings is 1. The summed E-state index contributed by atoms with van der Waals surface area (Å²) >= 11 is 0. The van der Waals surface area contributed by atoms with Crippen LogP contribution in [0.25, 0.3) is 0 Å². The van der Waals surface area contributed by atoms with Crippen molar-refractivity contribution < 1.29 is 14.0 Å². The van der Waals surface area contributed by atoms with E-state index < -0.39 is 0 Å². The molecule has 1 aromatic rings. The van der Waals surface area contributed by atoms with Crippen molar-refractivity contribution in [3.05, 3.63) is 17.3 Å². The van der Waals surface area contributed by atoms with Crippen molar-refractivity contribution in [2.24, 2.45) is 5.41 Å². The van der Waals surface area contributed by atoms with Gasteiger partial charge in [-0.15, -0.1) is 0 Å². The molecule has 1 aliphatic heterocycles. The first-order valence-corrected chi connectivity index (χ1v) is 7.31. The molecular weight excluding hydrogens is 253 g/mol. The van der Waals surface area contributed by atoms with E-state index in [0.717, 1.165) is 24.2 Å². The number of ether oxygens (including phenoxy) is 1. The van der Waals surface area contributed by atoms with Crippen LogP contribution in [0.5, 0.6) is 5.88 Å². The largest absolute Gasteiger partial charge is 0.495 e. The van der Waals surface area contributed by atoms with Gasteiger partial charge in [-0.25, -0.2) is 4.98 Å². The lowest BCUT2D eigenvalue weighted by Crippen LogP contribution is -2.48. The van der Waals surface area contributed by atoms with Crippen molar-refractivity contribution in [1.29, 1.82) is 0 Å². The Kier molecular flexibility index (Phi) is 3.50. The van der Waals surface area contributed by atoms with Crippen LogP contribution in [-0.4, -0.2) is 32.4 Å². The Morgan fingerprint density at radius 3 is 2.70 bits per heavy atom. The molecule has 108 valence electrons. The molecule has 3 rings (SSSR count). The Bertz CT molecular complexity index is 508. The zero-order valence-electron chi connectivity index (χ0n) is 12.7. The fourth-order valence-electron chi connectivity index (χ4n) is 3.09. The summed E-state index contributed by atoms with van der Waals surface area (Å²) in [6.07, 6.45) is 4.05. The molecule has 0 amide bonds. The fourth-order valence-corrected chi connectivity index (χ4v) is 3.09. The predicted molar refractivity (Wildman–Crippen MR) is 78.6 cm³/mol. The van der Waals surface area contributed by atoms with Crippen molar-refractivity contribution in [1.82, 2.24) is 4.98 Å². The van der Waals surface area contributed by atoms with Gasteiger partial charge in [0.15, 0.2) is 0 Å². The molecule has 1 saturated heterocycles. The minimum atomic E-state index is -0.277. The lowest BCUT2D eigenvalue weighted by Gasteiger charge is -2.33. The van der Waals surface area contributed by atoms with E-state index in [1.165, 1.54) is 11.1 Å². The van der Waals surface area contributed by atoms with Crippen LogP contribution in [0.4, 0.5) is 0 Å². The van der Waals surface area contributed by atoms with Gasteiger partial charge < -0.3 is 14.0 Å². The number of fused-ring (bicyclic) bond motifs is 1. The minimum absolute atomic E-state index is 0.0901. The second-order valence-electron chi connectivity index (χ2n) is 6.67. The van der Waals surface area contributed by atoms with Crippen LogP contribution in [0.15, 0.2) is 6.20 Å². The van der Waals surface area contributed by atoms with Crippen molar-refractivity contribution in [2.75, 3.05) is 20.3 Å². The second kappa shape index (κ2) is 5.04. The molecule has 20 heavy (non-hydrogen) atoms. The van der Waals surface area contributed by atoms with Crippen molar-refractivity contribution >= 4 is 12.6 Å². The molecule has 1 aliphatic carbocycles. The Labute approximate surface area is 121 Å². The maximum atomic E-state index is 5.91. The first kappa shape index (κ1) is 13.9. The Hall–Kier alpha value is -1.07. The van der Waals surface area contributed by atoms with Gasteiger partial charge in [-0.2, -0.15) is 0 Å². The predicted octanol–water partition coefficient (Wildman–Crippen LogP) is 1.91. The molecule has 5 heteroatoms. The normalized spacial score (nSPS) is 24.6. The maximum Gasteiger partial charge on any atom is 0.495 e. The molecule has 0 bridgehead atoms. The molecule has 0 saturated carbocycles. The summed E-state index contributed by atoms with van der Waals surface area (Å²) in [5.41, 5.74) is 3.73. The van der Waals surface area contributed by atoms with Crippen LogP contribution in [0.3, 0.4) is 0 Å². The topological polar surface area (TPSA) is 40.6 Å². The van der Waals surface area contributed by atoms with Crippen molar-refractivity contribution in [3.63, 3.8) is 0 Å². The number of nitrogens with zero attached hydrogens (tertiary/aromatic N) is 1. The zero-order chi connectivity index (χ0) is 14.3. The molecule has 0 aromatic carbocycles. The average Bonchev–Trinajstić information content (AvgIpc) is 2.81. The zero-order valence-corrected chi connectivity index (χ0v) is 12.7. The first-order chi connectivity index (χ1) is 9.52. The number of methoxy groups -OCH3 is 1. The van der Waals surface area contributed by atoms with Crippen molar-refractivity contribution in [2.45, 2.75) is 39.5 Å². The molecule has 1 unspecified atom stereocenters. The lowest BCUT2D eigenvalue weighted by molar-refractivity contribution is 0.0342. The van der Waals surface area contributed by atoms with E-state index in [4.69, 9.17) is 14.0 Å². The highest BCUT2D eigenvalue weighted by Crippen LogP contribution is 2.37. The molecule has 2 aliphatic rings. The second-order valence-corrected chi connectivity index (χ2v) is 6.67. The van der Waals surface area contributed by atoms with Gasteiger partial charge in [-0.1, -0.05) is 20.8 Å². The molecule has 2 heterocycles. The Balaban J connectivity index is 1.92. The molecule has 1 atom stereocenters. The van der Waals surface area contributed by atoms with Gasteiger partial charge in [-0.3, -0.25) is 0 Å². The van der Waals surface area contributed by atoms with Crippen LogP contribution >= 0.6 is 0 Å². The van der Waals surface area contributed by atoms with Crippen LogP contribution in [0.2, 0.25) is 0 Å². The van der Waals surface area contributed by atoms with E-state index in [1.54, 1.807) is 7.11 Å². The Morgan fingerprint density at radius 2 is 2.05 bits per heavy atom. The van der Waals surface area contributed by atoms with E-state index >= 15 is 0 Å². The van der Waals surface area contributed by atoms with E-state index in [-0.39, 0.29) is 12.5 Å². The molecule has 1 aromatic heterocycles. The van der Waals surface area contributed by atoms with Crippen LogP contribution in [0, 0.1) is 5.41 Å². The highest BCUT2D eigenvalue weighted by molar-refractivity contribution is 6.62. The number of aromatic nitrogens is 1. The third kappa shape index (κ3) is 2.33. The monoisotopic (exact) mass is 275 g/mol. The highest BCUT2D eigenvalue weighted by atomic mass is 16.6. The summed E-state index contributed by atoms with van der Waals surface area (Å²) < 4.78 is 17.2. The number of rotatable bonds is 2. The van der Waals surface area contributed by atoms with Crippen LogP contribution in [0.1, 0.15) is 44.2 Å². The summed E-state index contributed by atoms with van der Waals surface area (Å²) in [4.78, 5) is 4.45. The molecular formula is C15H22BNO3. The smallest absolute Gasteiger partial charge is 0.481 e. The van der Waals surface area contributed by atoms with Crippen LogP contribution in [-0.2, 0) is 15.7 Å². The standard InChI is InChI=1S/C15H22BNO3/c1-10-5-6-11-12(7-17-14(18-4)13(10)11)16-19-8-15(2,3)9-20-16/h7,10H,5-6,8-9H2,1-4H3. The van der Waals surface area contributed by atoms with E-state index in [9.17, 15) is 0 Å². The van der Waals surface area contributed by atoms with Gasteiger partial charge in [0.25, 0.3) is 0 Å². The third-order valence-corrected chi connectivity index (χ3v) is 4.24. The third-order valence-electron chi connectivity index (χ3n) is 4.24. The van der Waals surface area contributed by atoms with Gasteiger partial charge in [0, 0.05) is 35.9 Å². The van der Waals surface area contributed by atoms with E-state index in [1.807, 2.05) is 6.20 Å². The molecule has 1 fully saturated rings. The molecule has 0 spiro atoms. The van der Waals surface area contributed by atoms with Gasteiger partial charge in [0.1, 0.15) is 0 Å². The summed E-state index contributed by atoms with van der Waals surface area (Å²) in [7, 11) is 1.41. The average molecular weight is 275 g/mol. The fraction of sp³-hybridized carbons (Fsp3) is 0.667. The molecule has 0 radical (unpaired) electrons. The van der Waals surface area contributed by atoms with E-state index in [2.05, 4.69) is 25.8 Å². The quantitative estimate of drug-likeness (QED) is 0.773. The Morgan fingerprint density at radius 1 is 1.35 bits per heavy atom. The van der Waals surface area contributed by atoms with E-state index in [0.29, 0.717) is 19.1 Å².